The molecule has 0 fully saturated rings. The Labute approximate surface area is 272 Å². The Bertz CT molecular complexity index is 1470. The molecule has 0 bridgehead atoms. The van der Waals surface area contributed by atoms with Crippen LogP contribution in [0.1, 0.15) is 122 Å². The fourth-order valence-corrected chi connectivity index (χ4v) is 9.54. The number of aromatic nitrogens is 3. The zero-order chi connectivity index (χ0) is 30.7. The molecule has 7 heteroatoms. The van der Waals surface area contributed by atoms with Gasteiger partial charge in [-0.2, -0.15) is 8.75 Å². The average Bonchev–Trinajstić information content (AvgIpc) is 3.69. The van der Waals surface area contributed by atoms with E-state index in [-0.39, 0.29) is 5.60 Å². The summed E-state index contributed by atoms with van der Waals surface area (Å²) in [4.78, 5) is 9.92. The second-order valence-corrected chi connectivity index (χ2v) is 17.0. The lowest BCUT2D eigenvalue weighted by Gasteiger charge is -2.39. The molecular weight excluding hydrogens is 587 g/mol. The Morgan fingerprint density at radius 2 is 1.37 bits per heavy atom. The highest BCUT2D eigenvalue weighted by Crippen LogP contribution is 2.57. The largest absolute Gasteiger partial charge is 0.481 e. The van der Waals surface area contributed by atoms with Crippen molar-refractivity contribution in [3.8, 4) is 25.9 Å². The van der Waals surface area contributed by atoms with Crippen LogP contribution in [0.3, 0.4) is 0 Å². The summed E-state index contributed by atoms with van der Waals surface area (Å²) in [6.07, 6.45) is 14.4. The second-order valence-electron chi connectivity index (χ2n) is 14.2. The molecule has 43 heavy (non-hydrogen) atoms. The number of thiophene rings is 2. The number of hydrogen-bond donors (Lipinski definition) is 0. The number of rotatable bonds is 15. The molecule has 0 radical (unpaired) electrons. The summed E-state index contributed by atoms with van der Waals surface area (Å²) < 4.78 is 16.5. The van der Waals surface area contributed by atoms with Gasteiger partial charge in [-0.1, -0.05) is 80.1 Å². The van der Waals surface area contributed by atoms with Crippen LogP contribution in [0, 0.1) is 37.5 Å². The van der Waals surface area contributed by atoms with E-state index in [4.69, 9.17) is 4.74 Å². The quantitative estimate of drug-likeness (QED) is 0.130. The predicted octanol–water partition coefficient (Wildman–Crippen LogP) is 12.2. The SMILES string of the molecule is Cc1cc2c(s1)-c1sc(-c3cnc(C)c4nsnc34)cc1OC2(CCC(C)CCCC(C)C)CCC(C)CCCC(C)C. The first kappa shape index (κ1) is 32.6. The predicted molar refractivity (Wildman–Crippen MR) is 188 cm³/mol. The average molecular weight is 638 g/mol. The third-order valence-corrected chi connectivity index (χ3v) is 12.2. The van der Waals surface area contributed by atoms with Gasteiger partial charge in [0.25, 0.3) is 0 Å². The minimum absolute atomic E-state index is 0.271. The lowest BCUT2D eigenvalue weighted by atomic mass is 9.78. The minimum atomic E-state index is -0.271. The van der Waals surface area contributed by atoms with E-state index in [1.165, 1.54) is 88.2 Å². The zero-order valence-corrected chi connectivity index (χ0v) is 30.0. The third-order valence-electron chi connectivity index (χ3n) is 9.33. The number of fused-ring (bicyclic) bond motifs is 4. The maximum Gasteiger partial charge on any atom is 0.140 e. The topological polar surface area (TPSA) is 47.9 Å². The molecule has 0 saturated heterocycles. The van der Waals surface area contributed by atoms with Crippen molar-refractivity contribution in [1.29, 1.82) is 0 Å². The lowest BCUT2D eigenvalue weighted by Crippen LogP contribution is -2.36. The monoisotopic (exact) mass is 637 g/mol. The zero-order valence-electron chi connectivity index (χ0n) is 27.6. The van der Waals surface area contributed by atoms with E-state index < -0.39 is 0 Å². The van der Waals surface area contributed by atoms with Crippen LogP contribution in [0.25, 0.3) is 31.2 Å². The summed E-state index contributed by atoms with van der Waals surface area (Å²) in [6, 6.07) is 4.72. The summed E-state index contributed by atoms with van der Waals surface area (Å²) >= 11 is 5.04. The van der Waals surface area contributed by atoms with Crippen LogP contribution in [-0.4, -0.2) is 13.7 Å². The molecule has 0 aromatic carbocycles. The van der Waals surface area contributed by atoms with Gasteiger partial charge in [0.1, 0.15) is 22.4 Å². The molecule has 2 atom stereocenters. The molecule has 4 nitrogen and oxygen atoms in total. The molecule has 1 aliphatic heterocycles. The van der Waals surface area contributed by atoms with Crippen molar-refractivity contribution < 1.29 is 4.74 Å². The standard InChI is InChI=1S/C36H51N3OS3/c1-22(2)11-9-13-24(5)15-17-36(18-16-25(6)14-10-12-23(3)4)29-19-26(7)41-34(29)35-30(40-36)20-31(42-35)28-21-37-27(8)32-33(28)39-43-38-32/h19-25H,9-18H2,1-8H3. The van der Waals surface area contributed by atoms with Crippen LogP contribution >= 0.6 is 34.4 Å². The number of aryl methyl sites for hydroxylation is 2. The van der Waals surface area contributed by atoms with Crippen LogP contribution in [0.5, 0.6) is 5.75 Å². The normalized spacial score (nSPS) is 17.8. The summed E-state index contributed by atoms with van der Waals surface area (Å²) in [6.45, 7) is 18.5. The Hall–Kier alpha value is -1.83. The van der Waals surface area contributed by atoms with Gasteiger partial charge in [0.15, 0.2) is 0 Å². The Morgan fingerprint density at radius 3 is 2.00 bits per heavy atom. The van der Waals surface area contributed by atoms with E-state index in [2.05, 4.69) is 74.3 Å². The third kappa shape index (κ3) is 7.53. The van der Waals surface area contributed by atoms with Crippen LogP contribution in [0.4, 0.5) is 0 Å². The first-order valence-corrected chi connectivity index (χ1v) is 18.9. The van der Waals surface area contributed by atoms with Gasteiger partial charge in [-0.15, -0.1) is 22.7 Å². The summed E-state index contributed by atoms with van der Waals surface area (Å²) in [5.41, 5.74) is 5.03. The number of hydrogen-bond acceptors (Lipinski definition) is 7. The lowest BCUT2D eigenvalue weighted by molar-refractivity contribution is 0.0323. The van der Waals surface area contributed by atoms with Crippen molar-refractivity contribution in [1.82, 2.24) is 13.7 Å². The molecule has 0 saturated carbocycles. The first-order valence-electron chi connectivity index (χ1n) is 16.6. The summed E-state index contributed by atoms with van der Waals surface area (Å²) in [7, 11) is 0. The second kappa shape index (κ2) is 14.1. The van der Waals surface area contributed by atoms with Crippen molar-refractivity contribution in [3.63, 3.8) is 0 Å². The number of pyridine rings is 1. The van der Waals surface area contributed by atoms with E-state index in [0.717, 1.165) is 52.7 Å². The van der Waals surface area contributed by atoms with Crippen molar-refractivity contribution in [3.05, 3.63) is 34.5 Å². The molecule has 1 aliphatic rings. The van der Waals surface area contributed by atoms with E-state index in [1.807, 2.05) is 35.8 Å². The van der Waals surface area contributed by atoms with Crippen LogP contribution in [0.2, 0.25) is 0 Å². The Kier molecular flexibility index (Phi) is 10.7. The minimum Gasteiger partial charge on any atom is -0.481 e. The molecule has 0 spiro atoms. The smallest absolute Gasteiger partial charge is 0.140 e. The van der Waals surface area contributed by atoms with Gasteiger partial charge in [0.05, 0.1) is 27.2 Å². The van der Waals surface area contributed by atoms with Gasteiger partial charge < -0.3 is 4.74 Å². The molecule has 2 unspecified atom stereocenters. The highest BCUT2D eigenvalue weighted by Gasteiger charge is 2.43. The Balaban J connectivity index is 1.46. The molecule has 0 amide bonds. The first-order chi connectivity index (χ1) is 20.6. The van der Waals surface area contributed by atoms with Gasteiger partial charge >= 0.3 is 0 Å². The van der Waals surface area contributed by atoms with E-state index in [1.54, 1.807) is 0 Å². The molecule has 0 aliphatic carbocycles. The highest BCUT2D eigenvalue weighted by molar-refractivity contribution is 7.24. The van der Waals surface area contributed by atoms with Gasteiger partial charge in [-0.25, -0.2) is 0 Å². The van der Waals surface area contributed by atoms with Gasteiger partial charge in [0, 0.05) is 27.1 Å². The van der Waals surface area contributed by atoms with Gasteiger partial charge in [0.2, 0.25) is 0 Å². The van der Waals surface area contributed by atoms with Crippen LogP contribution in [0.15, 0.2) is 18.3 Å². The molecule has 5 rings (SSSR count). The van der Waals surface area contributed by atoms with Crippen molar-refractivity contribution in [2.45, 2.75) is 125 Å². The maximum absolute atomic E-state index is 7.33. The van der Waals surface area contributed by atoms with Gasteiger partial charge in [-0.3, -0.25) is 4.98 Å². The van der Waals surface area contributed by atoms with E-state index in [0.29, 0.717) is 11.8 Å². The fraction of sp³-hybridized carbons (Fsp3) is 0.639. The molecule has 0 N–H and O–H groups in total. The molecule has 5 heterocycles. The van der Waals surface area contributed by atoms with Crippen LogP contribution < -0.4 is 4.74 Å². The maximum atomic E-state index is 7.33. The van der Waals surface area contributed by atoms with Crippen LogP contribution in [-0.2, 0) is 5.60 Å². The summed E-state index contributed by atoms with van der Waals surface area (Å²) in [5.74, 6) is 4.02. The van der Waals surface area contributed by atoms with Crippen molar-refractivity contribution >= 4 is 45.4 Å². The fourth-order valence-electron chi connectivity index (χ4n) is 6.59. The van der Waals surface area contributed by atoms with E-state index >= 15 is 0 Å². The highest BCUT2D eigenvalue weighted by atomic mass is 32.1. The summed E-state index contributed by atoms with van der Waals surface area (Å²) in [5, 5.41) is 0. The molecule has 4 aromatic rings. The van der Waals surface area contributed by atoms with E-state index in [9.17, 15) is 0 Å². The number of nitrogens with zero attached hydrogens (tertiary/aromatic N) is 3. The van der Waals surface area contributed by atoms with Crippen molar-refractivity contribution in [2.75, 3.05) is 0 Å². The molecule has 234 valence electrons. The number of ether oxygens (including phenoxy) is 1. The molecule has 4 aromatic heterocycles. The Morgan fingerprint density at radius 1 is 0.744 bits per heavy atom. The van der Waals surface area contributed by atoms with Gasteiger partial charge in [-0.05, 0) is 75.3 Å². The van der Waals surface area contributed by atoms with Crippen molar-refractivity contribution in [2.24, 2.45) is 23.7 Å². The molecular formula is C36H51N3OS3.